The van der Waals surface area contributed by atoms with Gasteiger partial charge in [0, 0.05) is 11.6 Å². The van der Waals surface area contributed by atoms with Crippen LogP contribution in [0.1, 0.15) is 0 Å². The van der Waals surface area contributed by atoms with Crippen LogP contribution in [-0.4, -0.2) is 14.2 Å². The normalized spacial score (nSPS) is 10.2. The minimum absolute atomic E-state index is 0.523. The standard InChI is InChI=1S/C14H12Cl2O2/c1-17-10-6-9(7-11(8-10)18-2)12-4-3-5-13(15)14(12)16/h3-8H,1-2H3. The topological polar surface area (TPSA) is 18.5 Å². The van der Waals surface area contributed by atoms with Gasteiger partial charge in [0.1, 0.15) is 11.5 Å². The van der Waals surface area contributed by atoms with Crippen LogP contribution in [0.15, 0.2) is 36.4 Å². The van der Waals surface area contributed by atoms with Crippen LogP contribution < -0.4 is 9.47 Å². The molecule has 0 heterocycles. The van der Waals surface area contributed by atoms with Crippen molar-refractivity contribution >= 4 is 23.2 Å². The molecule has 0 aromatic heterocycles. The SMILES string of the molecule is COc1cc(OC)cc(-c2cccc(Cl)c2Cl)c1. The number of hydrogen-bond donors (Lipinski definition) is 0. The maximum Gasteiger partial charge on any atom is 0.123 e. The third-order valence-corrected chi connectivity index (χ3v) is 3.43. The van der Waals surface area contributed by atoms with Gasteiger partial charge in [0.05, 0.1) is 24.3 Å². The van der Waals surface area contributed by atoms with Crippen molar-refractivity contribution in [1.82, 2.24) is 0 Å². The Hall–Kier alpha value is -1.38. The average molecular weight is 283 g/mol. The van der Waals surface area contributed by atoms with Crippen molar-refractivity contribution in [1.29, 1.82) is 0 Å². The summed E-state index contributed by atoms with van der Waals surface area (Å²) in [6.45, 7) is 0. The van der Waals surface area contributed by atoms with Gasteiger partial charge in [-0.1, -0.05) is 35.3 Å². The van der Waals surface area contributed by atoms with Crippen molar-refractivity contribution in [2.45, 2.75) is 0 Å². The summed E-state index contributed by atoms with van der Waals surface area (Å²) in [7, 11) is 3.22. The van der Waals surface area contributed by atoms with E-state index in [-0.39, 0.29) is 0 Å². The fourth-order valence-electron chi connectivity index (χ4n) is 1.69. The molecule has 0 aliphatic carbocycles. The van der Waals surface area contributed by atoms with Gasteiger partial charge in [0.15, 0.2) is 0 Å². The van der Waals surface area contributed by atoms with Gasteiger partial charge >= 0.3 is 0 Å². The van der Waals surface area contributed by atoms with Crippen molar-refractivity contribution in [3.63, 3.8) is 0 Å². The lowest BCUT2D eigenvalue weighted by atomic mass is 10.0. The van der Waals surface area contributed by atoms with Crippen LogP contribution in [0.5, 0.6) is 11.5 Å². The second-order valence-electron chi connectivity index (χ2n) is 3.70. The van der Waals surface area contributed by atoms with Gasteiger partial charge in [-0.15, -0.1) is 0 Å². The fraction of sp³-hybridized carbons (Fsp3) is 0.143. The first-order valence-corrected chi connectivity index (χ1v) is 6.08. The zero-order valence-electron chi connectivity index (χ0n) is 10.0. The first-order valence-electron chi connectivity index (χ1n) is 5.33. The lowest BCUT2D eigenvalue weighted by Crippen LogP contribution is -1.89. The molecule has 2 rings (SSSR count). The molecule has 0 atom stereocenters. The largest absolute Gasteiger partial charge is 0.497 e. The zero-order chi connectivity index (χ0) is 13.1. The van der Waals surface area contributed by atoms with Crippen molar-refractivity contribution in [3.05, 3.63) is 46.4 Å². The van der Waals surface area contributed by atoms with Gasteiger partial charge in [0.25, 0.3) is 0 Å². The van der Waals surface area contributed by atoms with Crippen LogP contribution in [0.4, 0.5) is 0 Å². The van der Waals surface area contributed by atoms with E-state index in [9.17, 15) is 0 Å². The second-order valence-corrected chi connectivity index (χ2v) is 4.49. The lowest BCUT2D eigenvalue weighted by molar-refractivity contribution is 0.394. The molecule has 4 heteroatoms. The molecule has 0 amide bonds. The molecule has 18 heavy (non-hydrogen) atoms. The molecular weight excluding hydrogens is 271 g/mol. The molecule has 0 aliphatic rings. The van der Waals surface area contributed by atoms with E-state index < -0.39 is 0 Å². The molecule has 0 spiro atoms. The fourth-order valence-corrected chi connectivity index (χ4v) is 2.10. The lowest BCUT2D eigenvalue weighted by Gasteiger charge is -2.10. The molecule has 0 unspecified atom stereocenters. The first kappa shape index (κ1) is 13.1. The number of hydrogen-bond acceptors (Lipinski definition) is 2. The van der Waals surface area contributed by atoms with Crippen LogP contribution >= 0.6 is 23.2 Å². The highest BCUT2D eigenvalue weighted by molar-refractivity contribution is 6.43. The Morgan fingerprint density at radius 1 is 0.889 bits per heavy atom. The molecule has 0 aliphatic heterocycles. The van der Waals surface area contributed by atoms with Gasteiger partial charge in [-0.05, 0) is 23.8 Å². The van der Waals surface area contributed by atoms with Crippen LogP contribution in [0.25, 0.3) is 11.1 Å². The summed E-state index contributed by atoms with van der Waals surface area (Å²) in [5, 5.41) is 1.05. The van der Waals surface area contributed by atoms with E-state index in [1.54, 1.807) is 20.3 Å². The molecule has 2 aromatic carbocycles. The predicted octanol–water partition coefficient (Wildman–Crippen LogP) is 4.68. The molecular formula is C14H12Cl2O2. The van der Waals surface area contributed by atoms with Gasteiger partial charge in [0.2, 0.25) is 0 Å². The Morgan fingerprint density at radius 2 is 1.50 bits per heavy atom. The molecule has 0 radical (unpaired) electrons. The average Bonchev–Trinajstić information content (AvgIpc) is 2.41. The molecule has 0 bridgehead atoms. The third kappa shape index (κ3) is 2.55. The van der Waals surface area contributed by atoms with Crippen molar-refractivity contribution in [3.8, 4) is 22.6 Å². The second kappa shape index (κ2) is 5.51. The summed E-state index contributed by atoms with van der Waals surface area (Å²) in [5.74, 6) is 1.42. The Balaban J connectivity index is 2.59. The molecule has 2 aromatic rings. The summed E-state index contributed by atoms with van der Waals surface area (Å²) in [4.78, 5) is 0. The maximum atomic E-state index is 6.21. The van der Waals surface area contributed by atoms with E-state index in [1.807, 2.05) is 30.3 Å². The van der Waals surface area contributed by atoms with Crippen LogP contribution in [0, 0.1) is 0 Å². The number of benzene rings is 2. The summed E-state index contributed by atoms with van der Waals surface area (Å²) in [6, 6.07) is 11.1. The molecule has 2 nitrogen and oxygen atoms in total. The number of rotatable bonds is 3. The molecule has 0 saturated carbocycles. The van der Waals surface area contributed by atoms with Crippen molar-refractivity contribution < 1.29 is 9.47 Å². The quantitative estimate of drug-likeness (QED) is 0.814. The Labute approximate surface area is 116 Å². The van der Waals surface area contributed by atoms with Crippen LogP contribution in [0.3, 0.4) is 0 Å². The summed E-state index contributed by atoms with van der Waals surface area (Å²) in [6.07, 6.45) is 0. The summed E-state index contributed by atoms with van der Waals surface area (Å²) in [5.41, 5.74) is 1.75. The molecule has 0 N–H and O–H groups in total. The Morgan fingerprint density at radius 3 is 2.06 bits per heavy atom. The van der Waals surface area contributed by atoms with Crippen molar-refractivity contribution in [2.75, 3.05) is 14.2 Å². The van der Waals surface area contributed by atoms with Crippen LogP contribution in [-0.2, 0) is 0 Å². The monoisotopic (exact) mass is 282 g/mol. The number of halogens is 2. The van der Waals surface area contributed by atoms with E-state index in [4.69, 9.17) is 32.7 Å². The van der Waals surface area contributed by atoms with Gasteiger partial charge in [-0.3, -0.25) is 0 Å². The van der Waals surface area contributed by atoms with E-state index >= 15 is 0 Å². The van der Waals surface area contributed by atoms with Gasteiger partial charge in [-0.2, -0.15) is 0 Å². The summed E-state index contributed by atoms with van der Waals surface area (Å²) < 4.78 is 10.5. The van der Waals surface area contributed by atoms with E-state index in [2.05, 4.69) is 0 Å². The summed E-state index contributed by atoms with van der Waals surface area (Å²) >= 11 is 12.2. The molecule has 0 saturated heterocycles. The first-order chi connectivity index (χ1) is 8.65. The Bertz CT molecular complexity index is 545. The van der Waals surface area contributed by atoms with E-state index in [0.717, 1.165) is 11.1 Å². The maximum absolute atomic E-state index is 6.21. The zero-order valence-corrected chi connectivity index (χ0v) is 11.5. The minimum Gasteiger partial charge on any atom is -0.497 e. The predicted molar refractivity (Wildman–Crippen MR) is 75.0 cm³/mol. The van der Waals surface area contributed by atoms with Crippen LogP contribution in [0.2, 0.25) is 10.0 Å². The Kier molecular flexibility index (Phi) is 4.00. The van der Waals surface area contributed by atoms with E-state index in [0.29, 0.717) is 21.5 Å². The van der Waals surface area contributed by atoms with Gasteiger partial charge in [-0.25, -0.2) is 0 Å². The highest BCUT2D eigenvalue weighted by Gasteiger charge is 2.09. The minimum atomic E-state index is 0.523. The highest BCUT2D eigenvalue weighted by atomic mass is 35.5. The number of methoxy groups -OCH3 is 2. The van der Waals surface area contributed by atoms with Gasteiger partial charge < -0.3 is 9.47 Å². The smallest absolute Gasteiger partial charge is 0.123 e. The highest BCUT2D eigenvalue weighted by Crippen LogP contribution is 2.36. The molecule has 94 valence electrons. The van der Waals surface area contributed by atoms with E-state index in [1.165, 1.54) is 0 Å². The molecule has 0 fully saturated rings. The third-order valence-electron chi connectivity index (χ3n) is 2.61. The van der Waals surface area contributed by atoms with Crippen molar-refractivity contribution in [2.24, 2.45) is 0 Å². The number of ether oxygens (including phenoxy) is 2.